The Labute approximate surface area is 84.8 Å². The molecule has 0 unspecified atom stereocenters. The number of amides is 2. The molecule has 0 aliphatic heterocycles. The topological polar surface area (TPSA) is 96.8 Å². The van der Waals surface area contributed by atoms with Gasteiger partial charge in [0.15, 0.2) is 5.49 Å². The van der Waals surface area contributed by atoms with Gasteiger partial charge in [-0.25, -0.2) is 19.9 Å². The molecule has 4 N–H and O–H groups in total. The highest BCUT2D eigenvalue weighted by molar-refractivity contribution is 5.81. The number of aromatic nitrogens is 2. The number of hydrogen-bond acceptors (Lipinski definition) is 3. The fourth-order valence-electron chi connectivity index (χ4n) is 1.30. The highest BCUT2D eigenvalue weighted by Gasteiger charge is 2.00. The molecule has 0 saturated carbocycles. The van der Waals surface area contributed by atoms with Gasteiger partial charge in [0, 0.05) is 5.39 Å². The third kappa shape index (κ3) is 1.64. The Hall–Kier alpha value is -2.37. The molecule has 6 heteroatoms. The van der Waals surface area contributed by atoms with Crippen LogP contribution in [0.2, 0.25) is 0 Å². The summed E-state index contributed by atoms with van der Waals surface area (Å²) in [6.45, 7) is 0. The van der Waals surface area contributed by atoms with Gasteiger partial charge in [0.25, 0.3) is 0 Å². The molecule has 0 fully saturated rings. The molecule has 0 aliphatic carbocycles. The molecular weight excluding hydrogens is 194 g/mol. The maximum absolute atomic E-state index is 10.6. The van der Waals surface area contributed by atoms with E-state index in [2.05, 4.69) is 10.4 Å². The van der Waals surface area contributed by atoms with Crippen molar-refractivity contribution in [3.63, 3.8) is 0 Å². The molecule has 2 amide bonds. The van der Waals surface area contributed by atoms with Crippen LogP contribution in [-0.2, 0) is 0 Å². The molecule has 6 nitrogen and oxygen atoms in total. The smallest absolute Gasteiger partial charge is 0.331 e. The van der Waals surface area contributed by atoms with Crippen molar-refractivity contribution in [2.75, 3.05) is 5.43 Å². The minimum absolute atomic E-state index is 0.138. The van der Waals surface area contributed by atoms with Crippen LogP contribution in [0.25, 0.3) is 10.9 Å². The maximum Gasteiger partial charge on any atom is 0.331 e. The fourth-order valence-corrected chi connectivity index (χ4v) is 1.30. The quantitative estimate of drug-likeness (QED) is 0.614. The van der Waals surface area contributed by atoms with Gasteiger partial charge >= 0.3 is 6.03 Å². The largest absolute Gasteiger partial charge is 0.350 e. The standard InChI is InChI=1S/C9H9N5O/c10-8-6-3-1-2-4-7(6)12-5-14(8)13-9(11)15/h1-5,10H,(H3,11,13,15). The van der Waals surface area contributed by atoms with E-state index in [0.717, 1.165) is 0 Å². The Morgan fingerprint density at radius 2 is 2.20 bits per heavy atom. The zero-order valence-electron chi connectivity index (χ0n) is 7.77. The number of urea groups is 1. The van der Waals surface area contributed by atoms with E-state index < -0.39 is 6.03 Å². The predicted molar refractivity (Wildman–Crippen MR) is 54.5 cm³/mol. The molecule has 0 radical (unpaired) electrons. The number of nitrogens with zero attached hydrogens (tertiary/aromatic N) is 2. The summed E-state index contributed by atoms with van der Waals surface area (Å²) in [6, 6.07) is 6.45. The molecule has 2 aromatic rings. The Kier molecular flexibility index (Phi) is 2.09. The first-order valence-corrected chi connectivity index (χ1v) is 4.26. The number of hydrogen-bond donors (Lipinski definition) is 3. The minimum atomic E-state index is -0.731. The summed E-state index contributed by atoms with van der Waals surface area (Å²) >= 11 is 0. The van der Waals surface area contributed by atoms with Crippen LogP contribution in [0.15, 0.2) is 30.6 Å². The van der Waals surface area contributed by atoms with Crippen molar-refractivity contribution in [3.05, 3.63) is 36.1 Å². The normalized spacial score (nSPS) is 10.1. The lowest BCUT2D eigenvalue weighted by molar-refractivity contribution is 0.256. The Morgan fingerprint density at radius 1 is 1.47 bits per heavy atom. The van der Waals surface area contributed by atoms with E-state index in [4.69, 9.17) is 11.1 Å². The highest BCUT2D eigenvalue weighted by Crippen LogP contribution is 2.03. The molecule has 0 spiro atoms. The average Bonchev–Trinajstić information content (AvgIpc) is 2.22. The number of carbonyl (C=O) groups is 1. The molecule has 15 heavy (non-hydrogen) atoms. The Bertz CT molecular complexity index is 574. The SMILES string of the molecule is N=c1c2ccccc2ncn1NC(N)=O. The summed E-state index contributed by atoms with van der Waals surface area (Å²) in [5, 5.41) is 8.43. The number of benzene rings is 1. The monoisotopic (exact) mass is 203 g/mol. The van der Waals surface area contributed by atoms with Gasteiger partial charge in [-0.2, -0.15) is 0 Å². The van der Waals surface area contributed by atoms with Gasteiger partial charge in [0.1, 0.15) is 6.33 Å². The highest BCUT2D eigenvalue weighted by atomic mass is 16.2. The summed E-state index contributed by atoms with van der Waals surface area (Å²) in [7, 11) is 0. The van der Waals surface area contributed by atoms with Crippen LogP contribution < -0.4 is 16.6 Å². The van der Waals surface area contributed by atoms with Gasteiger partial charge < -0.3 is 5.73 Å². The summed E-state index contributed by atoms with van der Waals surface area (Å²) in [4.78, 5) is 14.7. The van der Waals surface area contributed by atoms with Crippen molar-refractivity contribution < 1.29 is 4.79 Å². The third-order valence-electron chi connectivity index (χ3n) is 1.94. The molecule has 1 aromatic heterocycles. The Balaban J connectivity index is 2.65. The van der Waals surface area contributed by atoms with Crippen molar-refractivity contribution in [3.8, 4) is 0 Å². The fraction of sp³-hybridized carbons (Fsp3) is 0. The van der Waals surface area contributed by atoms with Crippen LogP contribution in [0.1, 0.15) is 0 Å². The van der Waals surface area contributed by atoms with Gasteiger partial charge in [-0.1, -0.05) is 12.1 Å². The predicted octanol–water partition coefficient (Wildman–Crippen LogP) is 0.138. The number of carbonyl (C=O) groups excluding carboxylic acids is 1. The second-order valence-corrected chi connectivity index (χ2v) is 2.96. The number of nitrogens with one attached hydrogen (secondary N) is 2. The zero-order chi connectivity index (χ0) is 10.8. The molecular formula is C9H9N5O. The van der Waals surface area contributed by atoms with E-state index in [1.807, 2.05) is 6.07 Å². The first-order chi connectivity index (χ1) is 7.18. The van der Waals surface area contributed by atoms with Crippen molar-refractivity contribution in [2.45, 2.75) is 0 Å². The third-order valence-corrected chi connectivity index (χ3v) is 1.94. The van der Waals surface area contributed by atoms with Gasteiger partial charge in [-0.15, -0.1) is 0 Å². The summed E-state index contributed by atoms with van der Waals surface area (Å²) in [5.41, 5.74) is 8.06. The summed E-state index contributed by atoms with van der Waals surface area (Å²) in [5.74, 6) is 0. The lowest BCUT2D eigenvalue weighted by atomic mass is 10.2. The van der Waals surface area contributed by atoms with Gasteiger partial charge in [-0.3, -0.25) is 5.41 Å². The summed E-state index contributed by atoms with van der Waals surface area (Å²) < 4.78 is 1.17. The van der Waals surface area contributed by atoms with Gasteiger partial charge in [0.05, 0.1) is 5.52 Å². The maximum atomic E-state index is 10.6. The second kappa shape index (κ2) is 3.41. The van der Waals surface area contributed by atoms with E-state index >= 15 is 0 Å². The lowest BCUT2D eigenvalue weighted by Crippen LogP contribution is -2.36. The van der Waals surface area contributed by atoms with E-state index in [1.54, 1.807) is 18.2 Å². The average molecular weight is 203 g/mol. The van der Waals surface area contributed by atoms with Crippen LogP contribution in [-0.4, -0.2) is 15.7 Å². The molecule has 1 aromatic carbocycles. The molecule has 0 bridgehead atoms. The minimum Gasteiger partial charge on any atom is -0.350 e. The molecule has 0 aliphatic rings. The molecule has 0 atom stereocenters. The number of primary amides is 1. The number of rotatable bonds is 1. The van der Waals surface area contributed by atoms with Gasteiger partial charge in [0.2, 0.25) is 0 Å². The van der Waals surface area contributed by atoms with Crippen LogP contribution in [0.4, 0.5) is 4.79 Å². The number of nitrogens with two attached hydrogens (primary N) is 1. The number of fused-ring (bicyclic) bond motifs is 1. The molecule has 76 valence electrons. The van der Waals surface area contributed by atoms with Crippen molar-refractivity contribution in [1.29, 1.82) is 5.41 Å². The van der Waals surface area contributed by atoms with E-state index in [9.17, 15) is 4.79 Å². The molecule has 1 heterocycles. The van der Waals surface area contributed by atoms with Crippen LogP contribution in [0.3, 0.4) is 0 Å². The number of para-hydroxylation sites is 1. The van der Waals surface area contributed by atoms with Gasteiger partial charge in [-0.05, 0) is 12.1 Å². The van der Waals surface area contributed by atoms with Crippen LogP contribution in [0.5, 0.6) is 0 Å². The first-order valence-electron chi connectivity index (χ1n) is 4.26. The molecule has 2 rings (SSSR count). The molecule has 0 saturated heterocycles. The first kappa shape index (κ1) is 9.20. The zero-order valence-corrected chi connectivity index (χ0v) is 7.77. The Morgan fingerprint density at radius 3 is 2.93 bits per heavy atom. The van der Waals surface area contributed by atoms with E-state index in [-0.39, 0.29) is 5.49 Å². The van der Waals surface area contributed by atoms with Crippen LogP contribution in [0, 0.1) is 5.41 Å². The van der Waals surface area contributed by atoms with Crippen molar-refractivity contribution in [1.82, 2.24) is 9.66 Å². The lowest BCUT2D eigenvalue weighted by Gasteiger charge is -2.06. The van der Waals surface area contributed by atoms with Crippen molar-refractivity contribution >= 4 is 16.9 Å². The summed E-state index contributed by atoms with van der Waals surface area (Å²) in [6.07, 6.45) is 1.34. The van der Waals surface area contributed by atoms with Crippen molar-refractivity contribution in [2.24, 2.45) is 5.73 Å². The van der Waals surface area contributed by atoms with E-state index in [1.165, 1.54) is 11.0 Å². The van der Waals surface area contributed by atoms with E-state index in [0.29, 0.717) is 10.9 Å². The van der Waals surface area contributed by atoms with Crippen LogP contribution >= 0.6 is 0 Å². The second-order valence-electron chi connectivity index (χ2n) is 2.96.